The van der Waals surface area contributed by atoms with Gasteiger partial charge in [-0.25, -0.2) is 9.97 Å². The molecule has 2 aromatic carbocycles. The van der Waals surface area contributed by atoms with E-state index in [-0.39, 0.29) is 61.6 Å². The molecule has 48 heavy (non-hydrogen) atoms. The van der Waals surface area contributed by atoms with Gasteiger partial charge in [-0.1, -0.05) is 0 Å². The number of nitrogens with zero attached hydrogens (tertiary/aromatic N) is 3. The Morgan fingerprint density at radius 1 is 0.771 bits per heavy atom. The fraction of sp³-hybridized carbons (Fsp3) is 0.346. The molecule has 0 atom stereocenters. The second-order valence-electron chi connectivity index (χ2n) is 9.64. The summed E-state index contributed by atoms with van der Waals surface area (Å²) in [7, 11) is -6.48. The Balaban J connectivity index is 2.15. The summed E-state index contributed by atoms with van der Waals surface area (Å²) in [6.45, 7) is -2.40. The highest BCUT2D eigenvalue weighted by molar-refractivity contribution is 7.88. The molecule has 3 aromatic rings. The number of hydrogen-bond donors (Lipinski definition) is 1. The number of alkyl halides is 12. The zero-order valence-electron chi connectivity index (χ0n) is 23.4. The Morgan fingerprint density at radius 2 is 1.31 bits per heavy atom. The number of carboxylic acids is 1. The predicted octanol–water partition coefficient (Wildman–Crippen LogP) is 7.21. The lowest BCUT2D eigenvalue weighted by Crippen LogP contribution is -2.29. The van der Waals surface area contributed by atoms with Crippen LogP contribution < -0.4 is 13.8 Å². The lowest BCUT2D eigenvalue weighted by molar-refractivity contribution is -0.143. The average molecular weight is 729 g/mol. The predicted molar refractivity (Wildman–Crippen MR) is 138 cm³/mol. The van der Waals surface area contributed by atoms with Gasteiger partial charge in [-0.05, 0) is 48.4 Å². The monoisotopic (exact) mass is 729 g/mol. The average Bonchev–Trinajstić information content (AvgIpc) is 2.93. The number of carbonyl (C=O) groups is 1. The first-order valence-corrected chi connectivity index (χ1v) is 14.2. The van der Waals surface area contributed by atoms with Gasteiger partial charge in [-0.15, -0.1) is 0 Å². The van der Waals surface area contributed by atoms with Crippen molar-refractivity contribution >= 4 is 22.0 Å². The normalized spacial score (nSPS) is 12.9. The Kier molecular flexibility index (Phi) is 11.0. The number of benzene rings is 2. The number of rotatable bonds is 12. The molecule has 0 fully saturated rings. The number of aromatic nitrogens is 2. The van der Waals surface area contributed by atoms with Crippen molar-refractivity contribution < 1.29 is 79.9 Å². The molecule has 1 heterocycles. The third-order valence-corrected chi connectivity index (χ3v) is 6.92. The number of anilines is 1. The van der Waals surface area contributed by atoms with Crippen molar-refractivity contribution in [2.45, 2.75) is 50.0 Å². The second kappa shape index (κ2) is 13.9. The summed E-state index contributed by atoms with van der Waals surface area (Å²) in [5.74, 6) is -3.24. The third-order valence-electron chi connectivity index (χ3n) is 5.95. The van der Waals surface area contributed by atoms with Crippen molar-refractivity contribution in [3.8, 4) is 11.5 Å². The van der Waals surface area contributed by atoms with E-state index in [1.165, 1.54) is 0 Å². The Hall–Kier alpha value is -4.50. The van der Waals surface area contributed by atoms with E-state index in [0.717, 1.165) is 12.4 Å². The summed E-state index contributed by atoms with van der Waals surface area (Å²) in [5, 5.41) is 8.69. The molecule has 3 rings (SSSR count). The van der Waals surface area contributed by atoms with Gasteiger partial charge < -0.3 is 18.9 Å². The highest BCUT2D eigenvalue weighted by Crippen LogP contribution is 2.38. The smallest absolute Gasteiger partial charge is 0.490 e. The third kappa shape index (κ3) is 10.2. The van der Waals surface area contributed by atoms with Crippen LogP contribution in [0, 0.1) is 0 Å². The molecule has 0 bridgehead atoms. The van der Waals surface area contributed by atoms with Gasteiger partial charge >= 0.3 is 40.1 Å². The first kappa shape index (κ1) is 38.0. The molecule has 0 aliphatic carbocycles. The zero-order valence-corrected chi connectivity index (χ0v) is 24.2. The van der Waals surface area contributed by atoms with Crippen LogP contribution in [-0.2, 0) is 46.5 Å². The van der Waals surface area contributed by atoms with E-state index in [1.54, 1.807) is 0 Å². The van der Waals surface area contributed by atoms with Gasteiger partial charge in [0.1, 0.15) is 5.75 Å². The first-order valence-electron chi connectivity index (χ1n) is 12.8. The summed E-state index contributed by atoms with van der Waals surface area (Å²) in [6.07, 6.45) is -14.3. The van der Waals surface area contributed by atoms with E-state index >= 15 is 0 Å². The van der Waals surface area contributed by atoms with Crippen LogP contribution in [0.2, 0.25) is 0 Å². The number of carboxylic acid groups (broad SMARTS) is 1. The van der Waals surface area contributed by atoms with Crippen LogP contribution in [-0.4, -0.2) is 41.6 Å². The Labute approximate surface area is 261 Å². The minimum Gasteiger partial charge on any atom is -0.490 e. The fourth-order valence-electron chi connectivity index (χ4n) is 3.82. The molecule has 0 saturated heterocycles. The standard InChI is InChI=1S/C26H19F12N3O6S/c27-23(28,29)16-3-4-20(47-48(44,45)26(36,37)38)15(8-16)13-41(22-39-10-19(11-40-22)46-5-1-2-21(42)43)12-14-6-17(24(30,31)32)9-18(7-14)25(33,34)35/h3-4,6-11H,1-2,5,12-13H2,(H,42,43). The molecule has 0 aliphatic rings. The van der Waals surface area contributed by atoms with Crippen molar-refractivity contribution in [3.05, 3.63) is 76.6 Å². The molecule has 0 spiro atoms. The molecule has 9 nitrogen and oxygen atoms in total. The van der Waals surface area contributed by atoms with Crippen molar-refractivity contribution in [3.63, 3.8) is 0 Å². The largest absolute Gasteiger partial charge is 0.534 e. The van der Waals surface area contributed by atoms with E-state index in [1.807, 2.05) is 0 Å². The molecule has 1 aromatic heterocycles. The molecule has 0 amide bonds. The SMILES string of the molecule is O=C(O)CCCOc1cnc(N(Cc2cc(C(F)(F)F)cc(C(F)(F)F)c2)Cc2cc(C(F)(F)F)ccc2OS(=O)(=O)C(F)(F)F)nc1. The summed E-state index contributed by atoms with van der Waals surface area (Å²) < 4.78 is 193. The number of aliphatic carboxylic acids is 1. The molecular formula is C26H19F12N3O6S. The summed E-state index contributed by atoms with van der Waals surface area (Å²) >= 11 is 0. The lowest BCUT2D eigenvalue weighted by atomic mass is 10.0. The van der Waals surface area contributed by atoms with Gasteiger partial charge in [0, 0.05) is 25.1 Å². The first-order chi connectivity index (χ1) is 21.9. The molecule has 264 valence electrons. The van der Waals surface area contributed by atoms with Crippen molar-refractivity contribution in [2.24, 2.45) is 0 Å². The van der Waals surface area contributed by atoms with E-state index in [0.29, 0.717) is 4.90 Å². The maximum absolute atomic E-state index is 13.5. The second-order valence-corrected chi connectivity index (χ2v) is 11.2. The van der Waals surface area contributed by atoms with Gasteiger partial charge in [-0.2, -0.15) is 61.1 Å². The number of halogens is 12. The molecule has 0 unspecified atom stereocenters. The molecule has 1 N–H and O–H groups in total. The molecule has 22 heteroatoms. The van der Waals surface area contributed by atoms with E-state index < -0.39 is 92.7 Å². The van der Waals surface area contributed by atoms with Crippen LogP contribution in [0.4, 0.5) is 58.6 Å². The summed E-state index contributed by atoms with van der Waals surface area (Å²) in [6, 6.07) is 0.869. The highest BCUT2D eigenvalue weighted by Gasteiger charge is 2.49. The van der Waals surface area contributed by atoms with Gasteiger partial charge in [0.05, 0.1) is 35.7 Å². The van der Waals surface area contributed by atoms with E-state index in [2.05, 4.69) is 14.2 Å². The van der Waals surface area contributed by atoms with Crippen LogP contribution in [0.3, 0.4) is 0 Å². The van der Waals surface area contributed by atoms with Gasteiger partial charge in [-0.3, -0.25) is 4.79 Å². The maximum Gasteiger partial charge on any atom is 0.534 e. The Bertz CT molecular complexity index is 1680. The van der Waals surface area contributed by atoms with Crippen LogP contribution in [0.25, 0.3) is 0 Å². The van der Waals surface area contributed by atoms with Crippen molar-refractivity contribution in [1.29, 1.82) is 0 Å². The van der Waals surface area contributed by atoms with Crippen molar-refractivity contribution in [1.82, 2.24) is 9.97 Å². The minimum absolute atomic E-state index is 0.0133. The summed E-state index contributed by atoms with van der Waals surface area (Å²) in [5.41, 5.74) is -12.9. The van der Waals surface area contributed by atoms with Crippen LogP contribution in [0.1, 0.15) is 40.7 Å². The van der Waals surface area contributed by atoms with Crippen LogP contribution in [0.15, 0.2) is 48.8 Å². The Morgan fingerprint density at radius 3 is 1.79 bits per heavy atom. The van der Waals surface area contributed by atoms with Gasteiger partial charge in [0.2, 0.25) is 5.95 Å². The molecule has 0 saturated carbocycles. The molecule has 0 radical (unpaired) electrons. The lowest BCUT2D eigenvalue weighted by Gasteiger charge is -2.25. The quantitative estimate of drug-likeness (QED) is 0.0893. The topological polar surface area (TPSA) is 119 Å². The van der Waals surface area contributed by atoms with Gasteiger partial charge in [0.15, 0.2) is 5.75 Å². The molecule has 0 aliphatic heterocycles. The molecular weight excluding hydrogens is 710 g/mol. The maximum atomic E-state index is 13.5. The van der Waals surface area contributed by atoms with Gasteiger partial charge in [0.25, 0.3) is 0 Å². The van der Waals surface area contributed by atoms with Crippen LogP contribution >= 0.6 is 0 Å². The zero-order chi connectivity index (χ0) is 36.3. The summed E-state index contributed by atoms with van der Waals surface area (Å²) in [4.78, 5) is 18.9. The minimum atomic E-state index is -6.48. The fourth-order valence-corrected chi connectivity index (χ4v) is 4.31. The number of ether oxygens (including phenoxy) is 1. The van der Waals surface area contributed by atoms with Crippen molar-refractivity contribution in [2.75, 3.05) is 11.5 Å². The van der Waals surface area contributed by atoms with Crippen LogP contribution in [0.5, 0.6) is 11.5 Å². The van der Waals surface area contributed by atoms with E-state index in [4.69, 9.17) is 9.84 Å². The highest BCUT2D eigenvalue weighted by atomic mass is 32.2. The van der Waals surface area contributed by atoms with E-state index in [9.17, 15) is 65.9 Å². The number of hydrogen-bond acceptors (Lipinski definition) is 8.